The van der Waals surface area contributed by atoms with Gasteiger partial charge in [-0.2, -0.15) is 5.10 Å². The van der Waals surface area contributed by atoms with Gasteiger partial charge in [-0.1, -0.05) is 0 Å². The zero-order valence-corrected chi connectivity index (χ0v) is 11.0. The maximum atomic E-state index is 13.7. The van der Waals surface area contributed by atoms with Crippen LogP contribution < -0.4 is 5.73 Å². The maximum absolute atomic E-state index is 13.7. The minimum atomic E-state index is -3.97. The summed E-state index contributed by atoms with van der Waals surface area (Å²) < 4.78 is 51.4. The van der Waals surface area contributed by atoms with Crippen molar-refractivity contribution in [3.63, 3.8) is 0 Å². The minimum Gasteiger partial charge on any atom is -0.383 e. The molecule has 0 bridgehead atoms. The predicted octanol–water partition coefficient (Wildman–Crippen LogP) is 1.35. The van der Waals surface area contributed by atoms with Gasteiger partial charge in [-0.3, -0.25) is 4.68 Å². The number of hydrogen-bond acceptors (Lipinski definition) is 4. The molecule has 0 fully saturated rings. The Labute approximate surface area is 108 Å². The van der Waals surface area contributed by atoms with Gasteiger partial charge in [0.1, 0.15) is 22.3 Å². The second-order valence-electron chi connectivity index (χ2n) is 4.11. The molecule has 8 heteroatoms. The second-order valence-corrected chi connectivity index (χ2v) is 6.06. The van der Waals surface area contributed by atoms with Crippen LogP contribution in [0.2, 0.25) is 0 Å². The fraction of sp³-hybridized carbons (Fsp3) is 0.182. The van der Waals surface area contributed by atoms with E-state index in [2.05, 4.69) is 5.10 Å². The zero-order chi connectivity index (χ0) is 14.4. The number of sulfone groups is 1. The average molecular weight is 287 g/mol. The van der Waals surface area contributed by atoms with E-state index in [-0.39, 0.29) is 11.4 Å². The molecule has 19 heavy (non-hydrogen) atoms. The van der Waals surface area contributed by atoms with Gasteiger partial charge >= 0.3 is 0 Å². The topological polar surface area (TPSA) is 78.0 Å². The number of rotatable bonds is 2. The summed E-state index contributed by atoms with van der Waals surface area (Å²) in [6, 6.07) is 1.85. The van der Waals surface area contributed by atoms with Crippen LogP contribution in [0.15, 0.2) is 23.2 Å². The summed E-state index contributed by atoms with van der Waals surface area (Å²) >= 11 is 0. The Balaban J connectivity index is 2.68. The second kappa shape index (κ2) is 4.30. The van der Waals surface area contributed by atoms with Crippen LogP contribution in [-0.4, -0.2) is 24.5 Å². The third-order valence-electron chi connectivity index (χ3n) is 2.66. The summed E-state index contributed by atoms with van der Waals surface area (Å²) in [7, 11) is -2.39. The number of nitrogen functional groups attached to an aromatic ring is 1. The van der Waals surface area contributed by atoms with Crippen molar-refractivity contribution in [3.8, 4) is 11.1 Å². The third kappa shape index (κ3) is 2.30. The first-order valence-corrected chi connectivity index (χ1v) is 7.08. The van der Waals surface area contributed by atoms with Gasteiger partial charge in [0.25, 0.3) is 0 Å². The highest BCUT2D eigenvalue weighted by Crippen LogP contribution is 2.29. The molecule has 1 aromatic heterocycles. The Morgan fingerprint density at radius 2 is 1.79 bits per heavy atom. The highest BCUT2D eigenvalue weighted by Gasteiger charge is 2.22. The quantitative estimate of drug-likeness (QED) is 0.904. The molecule has 2 aromatic rings. The van der Waals surface area contributed by atoms with Gasteiger partial charge in [-0.05, 0) is 17.7 Å². The Hall–Kier alpha value is -1.96. The van der Waals surface area contributed by atoms with E-state index in [1.807, 2.05) is 0 Å². The monoisotopic (exact) mass is 287 g/mol. The summed E-state index contributed by atoms with van der Waals surface area (Å²) in [6.45, 7) is 0. The van der Waals surface area contributed by atoms with Gasteiger partial charge in [0.05, 0.1) is 6.20 Å². The highest BCUT2D eigenvalue weighted by molar-refractivity contribution is 7.90. The van der Waals surface area contributed by atoms with Crippen molar-refractivity contribution in [1.29, 1.82) is 0 Å². The molecule has 0 atom stereocenters. The summed E-state index contributed by atoms with van der Waals surface area (Å²) in [6.07, 6.45) is 2.09. The molecule has 0 saturated heterocycles. The Kier molecular flexibility index (Phi) is 3.05. The van der Waals surface area contributed by atoms with Crippen LogP contribution in [0.3, 0.4) is 0 Å². The zero-order valence-electron chi connectivity index (χ0n) is 10.2. The molecule has 0 saturated carbocycles. The smallest absolute Gasteiger partial charge is 0.181 e. The summed E-state index contributed by atoms with van der Waals surface area (Å²) in [5.41, 5.74) is 6.16. The first-order valence-electron chi connectivity index (χ1n) is 5.18. The number of benzene rings is 1. The van der Waals surface area contributed by atoms with E-state index in [1.54, 1.807) is 7.05 Å². The van der Waals surface area contributed by atoms with E-state index >= 15 is 0 Å². The maximum Gasteiger partial charge on any atom is 0.181 e. The van der Waals surface area contributed by atoms with Gasteiger partial charge in [0, 0.05) is 18.9 Å². The third-order valence-corrected chi connectivity index (χ3v) is 3.80. The van der Waals surface area contributed by atoms with Crippen molar-refractivity contribution in [2.24, 2.45) is 7.05 Å². The molecular weight excluding hydrogens is 276 g/mol. The summed E-state index contributed by atoms with van der Waals surface area (Å²) in [4.78, 5) is -0.946. The Morgan fingerprint density at radius 3 is 2.16 bits per heavy atom. The van der Waals surface area contributed by atoms with Crippen LogP contribution in [0.5, 0.6) is 0 Å². The molecule has 0 radical (unpaired) electrons. The molecular formula is C11H11F2N3O2S. The van der Waals surface area contributed by atoms with Crippen LogP contribution in [0, 0.1) is 11.6 Å². The molecule has 2 N–H and O–H groups in total. The molecule has 0 spiro atoms. The molecule has 1 heterocycles. The van der Waals surface area contributed by atoms with E-state index in [9.17, 15) is 17.2 Å². The largest absolute Gasteiger partial charge is 0.383 e. The van der Waals surface area contributed by atoms with Crippen LogP contribution >= 0.6 is 0 Å². The van der Waals surface area contributed by atoms with Crippen molar-refractivity contribution < 1.29 is 17.2 Å². The average Bonchev–Trinajstić information content (AvgIpc) is 2.56. The minimum absolute atomic E-state index is 0.132. The molecule has 0 aliphatic heterocycles. The standard InChI is InChI=1S/C11H11F2N3O2S/c1-16-11(14)7(5-15-16)6-3-8(12)10(9(13)4-6)19(2,17)18/h3-5H,14H2,1-2H3. The van der Waals surface area contributed by atoms with Gasteiger partial charge in [0.15, 0.2) is 9.84 Å². The normalized spacial score (nSPS) is 11.8. The van der Waals surface area contributed by atoms with E-state index in [1.165, 1.54) is 10.9 Å². The molecule has 2 rings (SSSR count). The van der Waals surface area contributed by atoms with Crippen LogP contribution in [-0.2, 0) is 16.9 Å². The lowest BCUT2D eigenvalue weighted by atomic mass is 10.1. The lowest BCUT2D eigenvalue weighted by molar-refractivity contribution is 0.522. The van der Waals surface area contributed by atoms with Crippen molar-refractivity contribution in [3.05, 3.63) is 30.0 Å². The first-order chi connectivity index (χ1) is 8.71. The molecule has 0 amide bonds. The Bertz CT molecular complexity index is 730. The van der Waals surface area contributed by atoms with Gasteiger partial charge in [0.2, 0.25) is 0 Å². The predicted molar refractivity (Wildman–Crippen MR) is 66.1 cm³/mol. The van der Waals surface area contributed by atoms with E-state index in [4.69, 9.17) is 5.73 Å². The molecule has 0 aliphatic rings. The number of nitrogens with zero attached hydrogens (tertiary/aromatic N) is 2. The fourth-order valence-corrected chi connectivity index (χ4v) is 2.57. The van der Waals surface area contributed by atoms with E-state index < -0.39 is 26.4 Å². The SMILES string of the molecule is Cn1ncc(-c2cc(F)c(S(C)(=O)=O)c(F)c2)c1N. The molecule has 5 nitrogen and oxygen atoms in total. The first kappa shape index (κ1) is 13.5. The molecule has 102 valence electrons. The van der Waals surface area contributed by atoms with Crippen molar-refractivity contribution in [2.75, 3.05) is 12.0 Å². The molecule has 0 unspecified atom stereocenters. The number of aryl methyl sites for hydroxylation is 1. The lowest BCUT2D eigenvalue weighted by Crippen LogP contribution is -2.05. The van der Waals surface area contributed by atoms with Crippen LogP contribution in [0.4, 0.5) is 14.6 Å². The summed E-state index contributed by atoms with van der Waals surface area (Å²) in [5.74, 6) is -2.08. The highest BCUT2D eigenvalue weighted by atomic mass is 32.2. The van der Waals surface area contributed by atoms with Crippen molar-refractivity contribution in [1.82, 2.24) is 9.78 Å². The van der Waals surface area contributed by atoms with E-state index in [0.717, 1.165) is 18.4 Å². The number of anilines is 1. The Morgan fingerprint density at radius 1 is 1.26 bits per heavy atom. The van der Waals surface area contributed by atoms with Gasteiger partial charge in [-0.15, -0.1) is 0 Å². The lowest BCUT2D eigenvalue weighted by Gasteiger charge is -2.06. The van der Waals surface area contributed by atoms with E-state index in [0.29, 0.717) is 5.56 Å². The van der Waals surface area contributed by atoms with Crippen molar-refractivity contribution in [2.45, 2.75) is 4.90 Å². The van der Waals surface area contributed by atoms with Crippen molar-refractivity contribution >= 4 is 15.7 Å². The molecule has 1 aromatic carbocycles. The van der Waals surface area contributed by atoms with Gasteiger partial charge < -0.3 is 5.73 Å². The fourth-order valence-electron chi connectivity index (χ4n) is 1.74. The van der Waals surface area contributed by atoms with Crippen LogP contribution in [0.1, 0.15) is 0 Å². The number of aromatic nitrogens is 2. The summed E-state index contributed by atoms with van der Waals surface area (Å²) in [5, 5.41) is 3.85. The number of halogens is 2. The van der Waals surface area contributed by atoms with Gasteiger partial charge in [-0.25, -0.2) is 17.2 Å². The number of hydrogen-bond donors (Lipinski definition) is 1. The van der Waals surface area contributed by atoms with Crippen LogP contribution in [0.25, 0.3) is 11.1 Å². The number of nitrogens with two attached hydrogens (primary N) is 1. The molecule has 0 aliphatic carbocycles.